The molecule has 0 aliphatic heterocycles. The first-order chi connectivity index (χ1) is 1.73. The average Bonchev–Trinajstić information content (AvgIpc) is 0.811. The molecule has 0 aliphatic carbocycles. The number of halogens is 1. The van der Waals surface area contributed by atoms with Crippen LogP contribution in [0.3, 0.4) is 0 Å². The van der Waals surface area contributed by atoms with E-state index in [0.29, 0.717) is 0 Å². The Morgan fingerprint density at radius 1 is 2.00 bits per heavy atom. The Morgan fingerprint density at radius 2 is 2.00 bits per heavy atom. The summed E-state index contributed by atoms with van der Waals surface area (Å²) >= 11 is 12.9. The van der Waals surface area contributed by atoms with Gasteiger partial charge in [0.2, 0.25) is 0 Å². The first-order valence-electron chi connectivity index (χ1n) is 0.552. The quantitative estimate of drug-likeness (QED) is 0.387. The van der Waals surface area contributed by atoms with Crippen molar-refractivity contribution in [3.05, 3.63) is 0 Å². The highest BCUT2D eigenvalue weighted by molar-refractivity contribution is 8.63. The number of thiol groups is 1. The zero-order valence-corrected chi connectivity index (χ0v) is 5.04. The Bertz CT molecular complexity index is 29.0. The average molecular weight is 132 g/mol. The van der Waals surface area contributed by atoms with Crippen LogP contribution in [0.15, 0.2) is 0 Å². The van der Waals surface area contributed by atoms with E-state index in [1.807, 2.05) is 0 Å². The summed E-state index contributed by atoms with van der Waals surface area (Å²) in [5, 5.41) is -0.870. The van der Waals surface area contributed by atoms with Gasteiger partial charge in [0, 0.05) is 0 Å². The molecule has 0 aromatic heterocycles. The van der Waals surface area contributed by atoms with Crippen molar-refractivity contribution in [2.24, 2.45) is 0 Å². The van der Waals surface area contributed by atoms with Crippen molar-refractivity contribution in [1.82, 2.24) is 0 Å². The molecule has 0 aliphatic rings. The van der Waals surface area contributed by atoms with Crippen molar-refractivity contribution >= 4 is 40.5 Å². The molecule has 0 bridgehead atoms. The molecule has 0 radical (unpaired) electrons. The standard InChI is InChI=1S/ClPS2/c1-2(3)4/p+1. The lowest BCUT2D eigenvalue weighted by Gasteiger charge is -1.33. The van der Waals surface area contributed by atoms with Gasteiger partial charge in [0.05, 0.1) is 12.2 Å². The highest BCUT2D eigenvalue weighted by Crippen LogP contribution is 2.30. The molecule has 0 amide bonds. The van der Waals surface area contributed by atoms with E-state index in [9.17, 15) is 0 Å². The molecular weight excluding hydrogens is 131 g/mol. The molecule has 0 nitrogen and oxygen atoms in total. The Hall–Kier alpha value is 1.16. The lowest BCUT2D eigenvalue weighted by atomic mass is 30.0. The fraction of sp³-hybridized carbons (Fsp3) is 0. The predicted molar refractivity (Wildman–Crippen MR) is 29.1 cm³/mol. The van der Waals surface area contributed by atoms with Gasteiger partial charge in [-0.25, -0.2) is 0 Å². The predicted octanol–water partition coefficient (Wildman–Crippen LogP) is 1.93. The van der Waals surface area contributed by atoms with E-state index < -0.39 is 5.25 Å². The first-order valence-corrected chi connectivity index (χ1v) is 4.96. The molecule has 0 fully saturated rings. The van der Waals surface area contributed by atoms with Gasteiger partial charge in [-0.15, -0.1) is 0 Å². The van der Waals surface area contributed by atoms with Crippen LogP contribution >= 0.6 is 28.7 Å². The van der Waals surface area contributed by atoms with E-state index in [-0.39, 0.29) is 0 Å². The minimum absolute atomic E-state index is 0.870. The summed E-state index contributed by atoms with van der Waals surface area (Å²) in [4.78, 5) is 0. The summed E-state index contributed by atoms with van der Waals surface area (Å²) < 4.78 is 0. The second-order valence-corrected chi connectivity index (χ2v) is 6.11. The number of hydrogen-bond acceptors (Lipinski definition) is 1. The number of rotatable bonds is 0. The topological polar surface area (TPSA) is 0 Å². The van der Waals surface area contributed by atoms with E-state index in [1.54, 1.807) is 0 Å². The Kier molecular flexibility index (Phi) is 3.10. The van der Waals surface area contributed by atoms with Gasteiger partial charge in [0.15, 0.2) is 23.0 Å². The van der Waals surface area contributed by atoms with E-state index in [1.165, 1.54) is 0 Å². The largest absolute Gasteiger partial charge is 0.358 e. The van der Waals surface area contributed by atoms with Gasteiger partial charge < -0.3 is 0 Å². The Balaban J connectivity index is 2.80. The lowest BCUT2D eigenvalue weighted by Crippen LogP contribution is -0.928. The molecule has 0 saturated heterocycles. The zero-order valence-electron chi connectivity index (χ0n) is 1.68. The van der Waals surface area contributed by atoms with E-state index >= 15 is 0 Å². The van der Waals surface area contributed by atoms with Crippen molar-refractivity contribution in [3.8, 4) is 0 Å². The van der Waals surface area contributed by atoms with E-state index in [0.717, 1.165) is 0 Å². The van der Waals surface area contributed by atoms with Crippen LogP contribution in [0.2, 0.25) is 0 Å². The van der Waals surface area contributed by atoms with Crippen molar-refractivity contribution in [3.63, 3.8) is 0 Å². The molecule has 1 unspecified atom stereocenters. The van der Waals surface area contributed by atoms with Gasteiger partial charge in [0.25, 0.3) is 0 Å². The molecule has 4 heteroatoms. The monoisotopic (exact) mass is 131 g/mol. The third-order valence-corrected chi connectivity index (χ3v) is 0. The first kappa shape index (κ1) is 5.16. The van der Waals surface area contributed by atoms with Crippen LogP contribution in [-0.4, -0.2) is 0 Å². The minimum atomic E-state index is -0.870. The van der Waals surface area contributed by atoms with Gasteiger partial charge >= 0.3 is 5.25 Å². The minimum Gasteiger partial charge on any atom is 0.0975 e. The molecule has 4 heavy (non-hydrogen) atoms. The Morgan fingerprint density at radius 3 is 2.00 bits per heavy atom. The van der Waals surface area contributed by atoms with Gasteiger partial charge in [-0.3, -0.25) is 0 Å². The van der Waals surface area contributed by atoms with Crippen molar-refractivity contribution in [1.29, 1.82) is 0 Å². The summed E-state index contributed by atoms with van der Waals surface area (Å²) in [6, 6.07) is 0. The fourth-order valence-corrected chi connectivity index (χ4v) is 0. The maximum absolute atomic E-state index is 5.02. The second-order valence-electron chi connectivity index (χ2n) is 0.226. The van der Waals surface area contributed by atoms with Gasteiger partial charge in [0.1, 0.15) is 0 Å². The smallest absolute Gasteiger partial charge is 0.0975 e. The van der Waals surface area contributed by atoms with E-state index in [4.69, 9.17) is 11.2 Å². The second kappa shape index (κ2) is 2.40. The molecule has 0 saturated carbocycles. The molecular formula is HClPS2+. The molecule has 1 atom stereocenters. The van der Waals surface area contributed by atoms with Gasteiger partial charge in [-0.1, -0.05) is 0 Å². The fourth-order valence-electron chi connectivity index (χ4n) is 0. The molecule has 24 valence electrons. The summed E-state index contributed by atoms with van der Waals surface area (Å²) in [6.45, 7) is 0. The Labute approximate surface area is 40.9 Å². The third-order valence-electron chi connectivity index (χ3n) is 0. The molecule has 0 heterocycles. The number of hydrogen-bond donors (Lipinski definition) is 1. The molecule has 0 spiro atoms. The highest BCUT2D eigenvalue weighted by Gasteiger charge is 1.84. The lowest BCUT2D eigenvalue weighted by molar-refractivity contribution is 5.06. The molecule has 0 aromatic carbocycles. The van der Waals surface area contributed by atoms with Crippen molar-refractivity contribution in [2.45, 2.75) is 0 Å². The van der Waals surface area contributed by atoms with Crippen LogP contribution < -0.4 is 0 Å². The van der Waals surface area contributed by atoms with Crippen molar-refractivity contribution in [2.75, 3.05) is 0 Å². The third kappa shape index (κ3) is 11.0. The molecule has 0 N–H and O–H groups in total. The SMILES string of the molecule is S=[P+](S)Cl. The summed E-state index contributed by atoms with van der Waals surface area (Å²) in [7, 11) is 0. The zero-order chi connectivity index (χ0) is 3.58. The molecule has 0 aromatic rings. The van der Waals surface area contributed by atoms with Crippen LogP contribution in [0.1, 0.15) is 0 Å². The van der Waals surface area contributed by atoms with Crippen LogP contribution in [0, 0.1) is 0 Å². The van der Waals surface area contributed by atoms with E-state index in [2.05, 4.69) is 24.1 Å². The van der Waals surface area contributed by atoms with Gasteiger partial charge in [-0.05, 0) is 0 Å². The van der Waals surface area contributed by atoms with Crippen molar-refractivity contribution < 1.29 is 0 Å². The summed E-state index contributed by atoms with van der Waals surface area (Å²) in [5.74, 6) is 0. The van der Waals surface area contributed by atoms with Gasteiger partial charge in [-0.2, -0.15) is 0 Å². The van der Waals surface area contributed by atoms with Crippen LogP contribution in [-0.2, 0) is 11.8 Å². The maximum Gasteiger partial charge on any atom is 0.358 e. The van der Waals surface area contributed by atoms with Crippen LogP contribution in [0.5, 0.6) is 0 Å². The normalized spacial score (nSPS) is 11.0. The summed E-state index contributed by atoms with van der Waals surface area (Å²) in [5.41, 5.74) is 0. The highest BCUT2D eigenvalue weighted by atomic mass is 35.7. The molecule has 0 rings (SSSR count). The maximum atomic E-state index is 5.02. The van der Waals surface area contributed by atoms with Crippen LogP contribution in [0.4, 0.5) is 0 Å². The van der Waals surface area contributed by atoms with Crippen LogP contribution in [0.25, 0.3) is 0 Å². The summed E-state index contributed by atoms with van der Waals surface area (Å²) in [6.07, 6.45) is 0.